The zero-order valence-electron chi connectivity index (χ0n) is 6.19. The molecular weight excluding hydrogens is 140 g/mol. The van der Waals surface area contributed by atoms with Crippen molar-refractivity contribution in [3.8, 4) is 0 Å². The molecule has 0 amide bonds. The third-order valence-electron chi connectivity index (χ3n) is 1.14. The van der Waals surface area contributed by atoms with E-state index in [4.69, 9.17) is 0 Å². The Morgan fingerprint density at radius 3 is 3.00 bits per heavy atom. The lowest BCUT2D eigenvalue weighted by Crippen LogP contribution is -1.98. The summed E-state index contributed by atoms with van der Waals surface area (Å²) >= 11 is 0. The average Bonchev–Trinajstić information content (AvgIpc) is 2.07. The number of rotatable bonds is 2. The maximum absolute atomic E-state index is 11.1. The van der Waals surface area contributed by atoms with Gasteiger partial charge in [0.1, 0.15) is 5.69 Å². The Kier molecular flexibility index (Phi) is 2.49. The monoisotopic (exact) mass is 148 g/mol. The summed E-state index contributed by atoms with van der Waals surface area (Å²) < 4.78 is 0. The van der Waals surface area contributed by atoms with Crippen molar-refractivity contribution in [2.24, 2.45) is 0 Å². The number of allylic oxidation sites excluding steroid dienone is 2. The van der Waals surface area contributed by atoms with Gasteiger partial charge in [-0.15, -0.1) is 5.10 Å². The molecular formula is C8H8N2O. The Bertz CT molecular complexity index is 267. The van der Waals surface area contributed by atoms with Crippen LogP contribution in [0.1, 0.15) is 17.4 Å². The molecule has 0 radical (unpaired) electrons. The van der Waals surface area contributed by atoms with Gasteiger partial charge in [0.05, 0.1) is 0 Å². The van der Waals surface area contributed by atoms with E-state index in [1.807, 2.05) is 0 Å². The van der Waals surface area contributed by atoms with Gasteiger partial charge in [-0.2, -0.15) is 5.10 Å². The summed E-state index contributed by atoms with van der Waals surface area (Å²) in [4.78, 5) is 11.1. The lowest BCUT2D eigenvalue weighted by atomic mass is 10.2. The Hall–Kier alpha value is -1.51. The van der Waals surface area contributed by atoms with Gasteiger partial charge in [-0.3, -0.25) is 4.79 Å². The first-order valence-electron chi connectivity index (χ1n) is 3.29. The topological polar surface area (TPSA) is 42.9 Å². The molecule has 0 saturated heterocycles. The first-order chi connectivity index (χ1) is 5.34. The van der Waals surface area contributed by atoms with Crippen molar-refractivity contribution in [3.05, 3.63) is 36.2 Å². The molecule has 56 valence electrons. The van der Waals surface area contributed by atoms with Crippen LogP contribution >= 0.6 is 0 Å². The van der Waals surface area contributed by atoms with Crippen LogP contribution in [0.4, 0.5) is 0 Å². The number of aromatic nitrogens is 2. The lowest BCUT2D eigenvalue weighted by molar-refractivity contribution is 0.104. The zero-order chi connectivity index (χ0) is 8.10. The third kappa shape index (κ3) is 1.97. The van der Waals surface area contributed by atoms with Gasteiger partial charge in [0, 0.05) is 6.20 Å². The molecule has 1 aromatic heterocycles. The molecule has 0 bridgehead atoms. The van der Waals surface area contributed by atoms with Crippen molar-refractivity contribution in [2.45, 2.75) is 6.92 Å². The second kappa shape index (κ2) is 3.61. The highest BCUT2D eigenvalue weighted by Gasteiger charge is 2.00. The Balaban J connectivity index is 2.86. The van der Waals surface area contributed by atoms with Crippen molar-refractivity contribution >= 4 is 5.78 Å². The van der Waals surface area contributed by atoms with E-state index in [2.05, 4.69) is 10.2 Å². The van der Waals surface area contributed by atoms with Gasteiger partial charge in [-0.05, 0) is 25.1 Å². The highest BCUT2D eigenvalue weighted by Crippen LogP contribution is 1.93. The summed E-state index contributed by atoms with van der Waals surface area (Å²) in [6, 6.07) is 3.32. The standard InChI is InChI=1S/C8H8N2O/c1-2-4-8(11)7-5-3-6-9-10-7/h2-6H,1H3. The maximum atomic E-state index is 11.1. The fraction of sp³-hybridized carbons (Fsp3) is 0.125. The first kappa shape index (κ1) is 7.60. The van der Waals surface area contributed by atoms with Gasteiger partial charge < -0.3 is 0 Å². The fourth-order valence-corrected chi connectivity index (χ4v) is 0.670. The number of ketones is 1. The van der Waals surface area contributed by atoms with E-state index in [0.717, 1.165) is 0 Å². The van der Waals surface area contributed by atoms with E-state index in [9.17, 15) is 4.79 Å². The normalized spacial score (nSPS) is 10.3. The van der Waals surface area contributed by atoms with Crippen LogP contribution in [0.3, 0.4) is 0 Å². The van der Waals surface area contributed by atoms with E-state index < -0.39 is 0 Å². The van der Waals surface area contributed by atoms with Crippen molar-refractivity contribution in [1.82, 2.24) is 10.2 Å². The Morgan fingerprint density at radius 2 is 2.45 bits per heavy atom. The van der Waals surface area contributed by atoms with E-state index in [0.29, 0.717) is 5.69 Å². The van der Waals surface area contributed by atoms with Crippen molar-refractivity contribution < 1.29 is 4.79 Å². The highest BCUT2D eigenvalue weighted by molar-refractivity contribution is 6.02. The summed E-state index contributed by atoms with van der Waals surface area (Å²) in [6.45, 7) is 1.79. The van der Waals surface area contributed by atoms with Crippen molar-refractivity contribution in [3.63, 3.8) is 0 Å². The predicted octanol–water partition coefficient (Wildman–Crippen LogP) is 1.24. The van der Waals surface area contributed by atoms with Crippen LogP contribution in [-0.4, -0.2) is 16.0 Å². The molecule has 0 aliphatic heterocycles. The highest BCUT2D eigenvalue weighted by atomic mass is 16.1. The van der Waals surface area contributed by atoms with E-state index in [-0.39, 0.29) is 5.78 Å². The van der Waals surface area contributed by atoms with Crippen LogP contribution < -0.4 is 0 Å². The van der Waals surface area contributed by atoms with Gasteiger partial charge >= 0.3 is 0 Å². The van der Waals surface area contributed by atoms with Gasteiger partial charge in [0.25, 0.3) is 0 Å². The quantitative estimate of drug-likeness (QED) is 0.468. The summed E-state index contributed by atoms with van der Waals surface area (Å²) in [7, 11) is 0. The maximum Gasteiger partial charge on any atom is 0.205 e. The molecule has 1 aromatic rings. The molecule has 0 N–H and O–H groups in total. The van der Waals surface area contributed by atoms with Gasteiger partial charge in [-0.25, -0.2) is 0 Å². The van der Waals surface area contributed by atoms with E-state index in [1.54, 1.807) is 25.1 Å². The molecule has 0 aromatic carbocycles. The second-order valence-electron chi connectivity index (χ2n) is 1.97. The smallest absolute Gasteiger partial charge is 0.205 e. The molecule has 1 heterocycles. The molecule has 3 heteroatoms. The molecule has 0 unspecified atom stereocenters. The van der Waals surface area contributed by atoms with Crippen LogP contribution in [-0.2, 0) is 0 Å². The SMILES string of the molecule is CC=CC(=O)c1cccnn1. The molecule has 0 aliphatic rings. The summed E-state index contributed by atoms with van der Waals surface area (Å²) in [5.41, 5.74) is 0.380. The molecule has 0 fully saturated rings. The van der Waals surface area contributed by atoms with Crippen LogP contribution in [0.15, 0.2) is 30.5 Å². The molecule has 11 heavy (non-hydrogen) atoms. The minimum absolute atomic E-state index is 0.111. The minimum atomic E-state index is -0.111. The molecule has 0 saturated carbocycles. The second-order valence-corrected chi connectivity index (χ2v) is 1.97. The number of carbonyl (C=O) groups is 1. The Morgan fingerprint density at radius 1 is 1.64 bits per heavy atom. The molecule has 3 nitrogen and oxygen atoms in total. The van der Waals surface area contributed by atoms with Crippen LogP contribution in [0.2, 0.25) is 0 Å². The first-order valence-corrected chi connectivity index (χ1v) is 3.29. The summed E-state index contributed by atoms with van der Waals surface area (Å²) in [6.07, 6.45) is 4.67. The van der Waals surface area contributed by atoms with Crippen LogP contribution in [0.25, 0.3) is 0 Å². The number of hydrogen-bond acceptors (Lipinski definition) is 3. The average molecular weight is 148 g/mol. The molecule has 0 spiro atoms. The fourth-order valence-electron chi connectivity index (χ4n) is 0.670. The van der Waals surface area contributed by atoms with Gasteiger partial charge in [0.2, 0.25) is 5.78 Å². The van der Waals surface area contributed by atoms with Crippen LogP contribution in [0.5, 0.6) is 0 Å². The summed E-state index contributed by atoms with van der Waals surface area (Å²) in [5.74, 6) is -0.111. The molecule has 1 rings (SSSR count). The van der Waals surface area contributed by atoms with Crippen molar-refractivity contribution in [2.75, 3.05) is 0 Å². The van der Waals surface area contributed by atoms with Crippen molar-refractivity contribution in [1.29, 1.82) is 0 Å². The number of carbonyl (C=O) groups excluding carboxylic acids is 1. The molecule has 0 atom stereocenters. The number of nitrogens with zero attached hydrogens (tertiary/aromatic N) is 2. The Labute approximate surface area is 64.8 Å². The van der Waals surface area contributed by atoms with Crippen LogP contribution in [0, 0.1) is 0 Å². The zero-order valence-corrected chi connectivity index (χ0v) is 6.19. The van der Waals surface area contributed by atoms with E-state index >= 15 is 0 Å². The van der Waals surface area contributed by atoms with E-state index in [1.165, 1.54) is 12.3 Å². The van der Waals surface area contributed by atoms with Gasteiger partial charge in [0.15, 0.2) is 0 Å². The predicted molar refractivity (Wildman–Crippen MR) is 41.2 cm³/mol. The minimum Gasteiger partial charge on any atom is -0.287 e. The molecule has 0 aliphatic carbocycles. The number of hydrogen-bond donors (Lipinski definition) is 0. The largest absolute Gasteiger partial charge is 0.287 e. The van der Waals surface area contributed by atoms with Gasteiger partial charge in [-0.1, -0.05) is 6.08 Å². The lowest BCUT2D eigenvalue weighted by Gasteiger charge is -1.89. The summed E-state index contributed by atoms with van der Waals surface area (Å²) in [5, 5.41) is 7.23. The third-order valence-corrected chi connectivity index (χ3v) is 1.14.